The highest BCUT2D eigenvalue weighted by molar-refractivity contribution is 9.10. The van der Waals surface area contributed by atoms with Gasteiger partial charge < -0.3 is 0 Å². The van der Waals surface area contributed by atoms with Gasteiger partial charge in [0.25, 0.3) is 0 Å². The van der Waals surface area contributed by atoms with Crippen molar-refractivity contribution in [3.8, 4) is 0 Å². The molecule has 1 unspecified atom stereocenters. The normalized spacial score (nSPS) is 12.6. The number of hydrogen-bond donors (Lipinski definition) is 0. The number of benzene rings is 1. The summed E-state index contributed by atoms with van der Waals surface area (Å²) in [4.78, 5) is 0. The molecule has 0 saturated carbocycles. The summed E-state index contributed by atoms with van der Waals surface area (Å²) in [6, 6.07) is 8.37. The van der Waals surface area contributed by atoms with Crippen molar-refractivity contribution in [1.29, 1.82) is 0 Å². The van der Waals surface area contributed by atoms with Crippen LogP contribution in [0.25, 0.3) is 0 Å². The molecular formula is C14H16BrClN2. The molecule has 4 heteroatoms. The molecule has 18 heavy (non-hydrogen) atoms. The van der Waals surface area contributed by atoms with Crippen molar-refractivity contribution in [1.82, 2.24) is 9.78 Å². The van der Waals surface area contributed by atoms with E-state index >= 15 is 0 Å². The Kier molecular flexibility index (Phi) is 4.84. The smallest absolute Gasteiger partial charge is 0.0521 e. The first-order valence-corrected chi connectivity index (χ1v) is 7.38. The van der Waals surface area contributed by atoms with Crippen LogP contribution < -0.4 is 0 Å². The lowest BCUT2D eigenvalue weighted by molar-refractivity contribution is 0.658. The fraction of sp³-hybridized carbons (Fsp3) is 0.357. The predicted molar refractivity (Wildman–Crippen MR) is 79.2 cm³/mol. The second-order valence-corrected chi connectivity index (χ2v) is 5.54. The number of hydrogen-bond acceptors (Lipinski definition) is 1. The van der Waals surface area contributed by atoms with Gasteiger partial charge in [-0.15, -0.1) is 11.6 Å². The number of alkyl halides is 1. The second kappa shape index (κ2) is 6.39. The molecule has 0 N–H and O–H groups in total. The zero-order valence-corrected chi connectivity index (χ0v) is 12.7. The Bertz CT molecular complexity index is 493. The molecule has 2 nitrogen and oxygen atoms in total. The number of aromatic nitrogens is 2. The molecule has 0 aliphatic carbocycles. The lowest BCUT2D eigenvalue weighted by atomic mass is 9.95. The highest BCUT2D eigenvalue weighted by atomic mass is 79.9. The van der Waals surface area contributed by atoms with Crippen LogP contribution in [0.4, 0.5) is 0 Å². The summed E-state index contributed by atoms with van der Waals surface area (Å²) in [6.45, 7) is 2.99. The molecule has 1 atom stereocenters. The molecule has 0 fully saturated rings. The monoisotopic (exact) mass is 326 g/mol. The maximum atomic E-state index is 6.09. The van der Waals surface area contributed by atoms with Crippen LogP contribution in [-0.2, 0) is 13.0 Å². The van der Waals surface area contributed by atoms with Crippen LogP contribution >= 0.6 is 27.5 Å². The van der Waals surface area contributed by atoms with Crippen LogP contribution in [0, 0.1) is 0 Å². The Hall–Kier alpha value is -0.800. The van der Waals surface area contributed by atoms with Crippen molar-refractivity contribution in [2.24, 2.45) is 0 Å². The molecule has 0 saturated heterocycles. The van der Waals surface area contributed by atoms with Crippen molar-refractivity contribution in [3.63, 3.8) is 0 Å². The lowest BCUT2D eigenvalue weighted by Crippen LogP contribution is -2.04. The highest BCUT2D eigenvalue weighted by Gasteiger charge is 2.12. The molecule has 0 bridgehead atoms. The van der Waals surface area contributed by atoms with Gasteiger partial charge in [0.05, 0.1) is 6.20 Å². The summed E-state index contributed by atoms with van der Waals surface area (Å²) < 4.78 is 3.04. The maximum absolute atomic E-state index is 6.09. The average molecular weight is 328 g/mol. The van der Waals surface area contributed by atoms with E-state index in [4.69, 9.17) is 11.6 Å². The van der Waals surface area contributed by atoms with Gasteiger partial charge in [-0.25, -0.2) is 0 Å². The van der Waals surface area contributed by atoms with Gasteiger partial charge in [-0.2, -0.15) is 5.10 Å². The summed E-state index contributed by atoms with van der Waals surface area (Å²) in [7, 11) is 0. The third-order valence-corrected chi connectivity index (χ3v) is 3.92. The number of halogens is 2. The first kappa shape index (κ1) is 13.6. The second-order valence-electron chi connectivity index (χ2n) is 4.31. The van der Waals surface area contributed by atoms with Crippen LogP contribution in [0.15, 0.2) is 41.1 Å². The topological polar surface area (TPSA) is 17.8 Å². The Labute approximate surface area is 121 Å². The summed E-state index contributed by atoms with van der Waals surface area (Å²) in [6.07, 6.45) is 4.96. The van der Waals surface area contributed by atoms with Crippen LogP contribution in [0.2, 0.25) is 0 Å². The van der Waals surface area contributed by atoms with Gasteiger partial charge in [0.2, 0.25) is 0 Å². The van der Waals surface area contributed by atoms with Gasteiger partial charge in [0, 0.05) is 29.0 Å². The first-order valence-electron chi connectivity index (χ1n) is 6.05. The van der Waals surface area contributed by atoms with Crippen LogP contribution in [0.5, 0.6) is 0 Å². The van der Waals surface area contributed by atoms with E-state index in [1.807, 2.05) is 10.9 Å². The minimum atomic E-state index is 0.342. The molecule has 1 heterocycles. The zero-order valence-electron chi connectivity index (χ0n) is 10.3. The van der Waals surface area contributed by atoms with E-state index in [1.165, 1.54) is 11.1 Å². The van der Waals surface area contributed by atoms with E-state index in [0.29, 0.717) is 11.8 Å². The molecule has 2 rings (SSSR count). The fourth-order valence-electron chi connectivity index (χ4n) is 1.97. The Balaban J connectivity index is 2.11. The van der Waals surface area contributed by atoms with E-state index in [2.05, 4.69) is 58.4 Å². The minimum Gasteiger partial charge on any atom is -0.273 e. The molecule has 0 amide bonds. The standard InChI is InChI=1S/C14H16BrClN2/c1-2-18-10-11(9-17-18)7-13(8-16)12-3-5-14(15)6-4-12/h3-6,9-10,13H,2,7-8H2,1H3. The molecular weight excluding hydrogens is 312 g/mol. The van der Waals surface area contributed by atoms with Gasteiger partial charge in [-0.1, -0.05) is 28.1 Å². The molecule has 2 aromatic rings. The van der Waals surface area contributed by atoms with E-state index < -0.39 is 0 Å². The maximum Gasteiger partial charge on any atom is 0.0521 e. The average Bonchev–Trinajstić information content (AvgIpc) is 2.85. The van der Waals surface area contributed by atoms with Crippen molar-refractivity contribution in [3.05, 3.63) is 52.3 Å². The molecule has 1 aromatic carbocycles. The molecule has 0 radical (unpaired) electrons. The third kappa shape index (κ3) is 3.36. The van der Waals surface area contributed by atoms with Crippen molar-refractivity contribution in [2.75, 3.05) is 5.88 Å². The number of rotatable bonds is 5. The van der Waals surface area contributed by atoms with Crippen molar-refractivity contribution >= 4 is 27.5 Å². The summed E-state index contributed by atoms with van der Waals surface area (Å²) in [5.74, 6) is 0.966. The van der Waals surface area contributed by atoms with E-state index in [-0.39, 0.29) is 0 Å². The third-order valence-electron chi connectivity index (χ3n) is 3.02. The Morgan fingerprint density at radius 1 is 1.33 bits per heavy atom. The van der Waals surface area contributed by atoms with E-state index in [0.717, 1.165) is 17.4 Å². The van der Waals surface area contributed by atoms with E-state index in [9.17, 15) is 0 Å². The Morgan fingerprint density at radius 2 is 2.06 bits per heavy atom. The minimum absolute atomic E-state index is 0.342. The lowest BCUT2D eigenvalue weighted by Gasteiger charge is -2.13. The summed E-state index contributed by atoms with van der Waals surface area (Å²) in [5, 5.41) is 4.30. The van der Waals surface area contributed by atoms with Crippen molar-refractivity contribution in [2.45, 2.75) is 25.8 Å². The highest BCUT2D eigenvalue weighted by Crippen LogP contribution is 2.23. The first-order chi connectivity index (χ1) is 8.72. The van der Waals surface area contributed by atoms with Gasteiger partial charge >= 0.3 is 0 Å². The van der Waals surface area contributed by atoms with E-state index in [1.54, 1.807) is 0 Å². The SMILES string of the molecule is CCn1cc(CC(CCl)c2ccc(Br)cc2)cn1. The zero-order chi connectivity index (χ0) is 13.0. The molecule has 0 aliphatic rings. The molecule has 0 aliphatic heterocycles. The summed E-state index contributed by atoms with van der Waals surface area (Å²) in [5.41, 5.74) is 2.52. The molecule has 96 valence electrons. The quantitative estimate of drug-likeness (QED) is 0.751. The van der Waals surface area contributed by atoms with Crippen LogP contribution in [-0.4, -0.2) is 15.7 Å². The largest absolute Gasteiger partial charge is 0.273 e. The van der Waals surface area contributed by atoms with Crippen LogP contribution in [0.1, 0.15) is 24.0 Å². The Morgan fingerprint density at radius 3 is 2.61 bits per heavy atom. The van der Waals surface area contributed by atoms with Gasteiger partial charge in [0.15, 0.2) is 0 Å². The van der Waals surface area contributed by atoms with Crippen LogP contribution in [0.3, 0.4) is 0 Å². The number of nitrogens with zero attached hydrogens (tertiary/aromatic N) is 2. The van der Waals surface area contributed by atoms with Gasteiger partial charge in [0.1, 0.15) is 0 Å². The predicted octanol–water partition coefficient (Wildman–Crippen LogP) is 4.23. The van der Waals surface area contributed by atoms with Gasteiger partial charge in [-0.3, -0.25) is 4.68 Å². The molecule has 0 spiro atoms. The van der Waals surface area contributed by atoms with Gasteiger partial charge in [-0.05, 0) is 36.6 Å². The molecule has 1 aromatic heterocycles. The summed E-state index contributed by atoms with van der Waals surface area (Å²) >= 11 is 9.54. The van der Waals surface area contributed by atoms with Crippen molar-refractivity contribution < 1.29 is 0 Å². The fourth-order valence-corrected chi connectivity index (χ4v) is 2.52. The number of aryl methyl sites for hydroxylation is 1.